The summed E-state index contributed by atoms with van der Waals surface area (Å²) in [5, 5.41) is 3.29. The second kappa shape index (κ2) is 12.7. The van der Waals surface area contributed by atoms with Gasteiger partial charge in [0, 0.05) is 23.1 Å². The summed E-state index contributed by atoms with van der Waals surface area (Å²) in [4.78, 5) is 66.2. The van der Waals surface area contributed by atoms with Gasteiger partial charge >= 0.3 is 18.0 Å². The third-order valence-corrected chi connectivity index (χ3v) is 8.93. The summed E-state index contributed by atoms with van der Waals surface area (Å²) in [5.41, 5.74) is 4.70. The number of ether oxygens (including phenoxy) is 3. The number of thiophene rings is 1. The number of esters is 2. The molecule has 0 radical (unpaired) electrons. The van der Waals surface area contributed by atoms with Crippen LogP contribution in [-0.4, -0.2) is 58.2 Å². The molecule has 1 aromatic heterocycles. The number of carbonyl (C=O) groups is 5. The molecule has 1 saturated heterocycles. The highest BCUT2D eigenvalue weighted by Crippen LogP contribution is 2.47. The second-order valence-electron chi connectivity index (χ2n) is 9.64. The summed E-state index contributed by atoms with van der Waals surface area (Å²) in [6, 6.07) is 21.7. The Balaban J connectivity index is 1.48. The van der Waals surface area contributed by atoms with Crippen LogP contribution in [0.25, 0.3) is 0 Å². The smallest absolute Gasteiger partial charge is 0.407 e. The molecule has 1 fully saturated rings. The lowest BCUT2D eigenvalue weighted by atomic mass is 9.97. The van der Waals surface area contributed by atoms with Gasteiger partial charge in [0.1, 0.15) is 12.3 Å². The fraction of sp³-hybridized carbons (Fsp3) is 0.233. The molecule has 13 heteroatoms. The number of primary amides is 1. The van der Waals surface area contributed by atoms with E-state index in [0.717, 1.165) is 21.5 Å². The highest BCUT2D eigenvalue weighted by Gasteiger charge is 2.69. The summed E-state index contributed by atoms with van der Waals surface area (Å²) in [7, 11) is 0. The topological polar surface area (TPSA) is 154 Å². The van der Waals surface area contributed by atoms with Gasteiger partial charge in [0.2, 0.25) is 5.91 Å². The van der Waals surface area contributed by atoms with E-state index >= 15 is 0 Å². The Bertz CT molecular complexity index is 1520. The molecule has 0 unspecified atom stereocenters. The molecule has 0 saturated carbocycles. The third-order valence-electron chi connectivity index (χ3n) is 6.68. The van der Waals surface area contributed by atoms with E-state index in [0.29, 0.717) is 16.7 Å². The lowest BCUT2D eigenvalue weighted by Gasteiger charge is -2.55. The summed E-state index contributed by atoms with van der Waals surface area (Å²) in [6.07, 6.45) is -2.18. The Morgan fingerprint density at radius 2 is 1.67 bits per heavy atom. The maximum atomic E-state index is 14.0. The zero-order valence-electron chi connectivity index (χ0n) is 22.9. The van der Waals surface area contributed by atoms with E-state index in [2.05, 4.69) is 5.32 Å². The highest BCUT2D eigenvalue weighted by atomic mass is 32.2. The van der Waals surface area contributed by atoms with Crippen LogP contribution in [0.3, 0.4) is 0 Å². The van der Waals surface area contributed by atoms with Crippen molar-refractivity contribution in [2.24, 2.45) is 5.73 Å². The fourth-order valence-corrected chi connectivity index (χ4v) is 6.92. The number of fused-ring (bicyclic) bond motifs is 1. The lowest BCUT2D eigenvalue weighted by molar-refractivity contribution is -0.186. The molecule has 3 amide bonds. The van der Waals surface area contributed by atoms with Gasteiger partial charge in [0.15, 0.2) is 11.5 Å². The lowest BCUT2D eigenvalue weighted by Crippen LogP contribution is -2.81. The van der Waals surface area contributed by atoms with Gasteiger partial charge in [-0.15, -0.1) is 23.1 Å². The maximum Gasteiger partial charge on any atom is 0.407 e. The molecule has 3 aromatic rings. The van der Waals surface area contributed by atoms with E-state index in [1.54, 1.807) is 17.5 Å². The number of rotatable bonds is 10. The van der Waals surface area contributed by atoms with Crippen LogP contribution in [-0.2, 0) is 39.8 Å². The number of amides is 3. The summed E-state index contributed by atoms with van der Waals surface area (Å²) in [6.45, 7) is 0.945. The number of β-lactam (4-membered cyclic amide) rings is 1. The van der Waals surface area contributed by atoms with E-state index in [1.807, 2.05) is 60.7 Å². The van der Waals surface area contributed by atoms with Crippen molar-refractivity contribution in [3.63, 3.8) is 0 Å². The first-order chi connectivity index (χ1) is 20.7. The van der Waals surface area contributed by atoms with Gasteiger partial charge in [-0.2, -0.15) is 0 Å². The predicted molar refractivity (Wildman–Crippen MR) is 157 cm³/mol. The number of benzene rings is 2. The minimum atomic E-state index is -2.15. The molecule has 3 heterocycles. The van der Waals surface area contributed by atoms with Crippen molar-refractivity contribution in [3.05, 3.63) is 105 Å². The first-order valence-corrected chi connectivity index (χ1v) is 15.1. The van der Waals surface area contributed by atoms with E-state index < -0.39 is 47.0 Å². The molecule has 0 aliphatic carbocycles. The van der Waals surface area contributed by atoms with Crippen molar-refractivity contribution in [1.82, 2.24) is 10.2 Å². The van der Waals surface area contributed by atoms with Gasteiger partial charge in [0.25, 0.3) is 11.6 Å². The van der Waals surface area contributed by atoms with E-state index in [-0.39, 0.29) is 24.5 Å². The number of nitrogens with two attached hydrogens (primary N) is 1. The number of nitrogens with one attached hydrogen (secondary N) is 1. The molecule has 3 N–H and O–H groups in total. The molecule has 11 nitrogen and oxygen atoms in total. The highest BCUT2D eigenvalue weighted by molar-refractivity contribution is 8.00. The van der Waals surface area contributed by atoms with Gasteiger partial charge in [0.05, 0.1) is 6.42 Å². The normalized spacial score (nSPS) is 19.3. The average Bonchev–Trinajstić information content (AvgIpc) is 3.51. The largest absolute Gasteiger partial charge is 0.461 e. The standard InChI is InChI=1S/C30H27N3O8S2/c1-18(34)39-16-21-17-43-28-30(41-29(31)38,32-23(35)15-22-13-8-14-42-22)27(37)33(28)24(21)26(36)40-25(19-9-4-2-5-10-19)20-11-6-3-7-12-20/h2-14,25,28H,15-17H2,1H3,(H2,31,38)(H,32,35)/t28-,30-/m1/s1. The molecule has 0 spiro atoms. The first-order valence-electron chi connectivity index (χ1n) is 13.1. The second-order valence-corrected chi connectivity index (χ2v) is 11.7. The number of thioether (sulfide) groups is 1. The van der Waals surface area contributed by atoms with Crippen LogP contribution >= 0.6 is 23.1 Å². The molecule has 0 bridgehead atoms. The molecule has 2 atom stereocenters. The van der Waals surface area contributed by atoms with Crippen LogP contribution in [0.5, 0.6) is 0 Å². The average molecular weight is 622 g/mol. The Kier molecular flexibility index (Phi) is 8.83. The SMILES string of the molecule is CC(=O)OCC1=C(C(=O)OC(c2ccccc2)c2ccccc2)N2C(=O)[C@@](NC(=O)Cc3cccs3)(OC(N)=O)[C@H]2SC1. The first kappa shape index (κ1) is 29.9. The van der Waals surface area contributed by atoms with Crippen molar-refractivity contribution in [2.45, 2.75) is 30.5 Å². The summed E-state index contributed by atoms with van der Waals surface area (Å²) >= 11 is 2.46. The Morgan fingerprint density at radius 3 is 2.23 bits per heavy atom. The molecular weight excluding hydrogens is 594 g/mol. The van der Waals surface area contributed by atoms with Crippen LogP contribution in [0.2, 0.25) is 0 Å². The summed E-state index contributed by atoms with van der Waals surface area (Å²) in [5.74, 6) is -2.83. The zero-order valence-corrected chi connectivity index (χ0v) is 24.5. The number of carbonyl (C=O) groups excluding carboxylic acids is 5. The minimum Gasteiger partial charge on any atom is -0.461 e. The molecule has 222 valence electrons. The predicted octanol–water partition coefficient (Wildman–Crippen LogP) is 3.26. The molecule has 2 aromatic carbocycles. The third kappa shape index (κ3) is 6.27. The maximum absolute atomic E-state index is 14.0. The Labute approximate surface area is 255 Å². The van der Waals surface area contributed by atoms with E-state index in [1.165, 1.54) is 18.3 Å². The fourth-order valence-electron chi connectivity index (χ4n) is 4.84. The quantitative estimate of drug-likeness (QED) is 0.150. The van der Waals surface area contributed by atoms with Crippen LogP contribution in [0.1, 0.15) is 29.0 Å². The van der Waals surface area contributed by atoms with Crippen molar-refractivity contribution >= 4 is 52.9 Å². The molecule has 2 aliphatic rings. The van der Waals surface area contributed by atoms with E-state index in [4.69, 9.17) is 19.9 Å². The monoisotopic (exact) mass is 621 g/mol. The number of nitrogens with zero attached hydrogens (tertiary/aromatic N) is 1. The van der Waals surface area contributed by atoms with Crippen molar-refractivity contribution in [1.29, 1.82) is 0 Å². The Morgan fingerprint density at radius 1 is 1.02 bits per heavy atom. The van der Waals surface area contributed by atoms with Crippen molar-refractivity contribution in [3.8, 4) is 0 Å². The van der Waals surface area contributed by atoms with E-state index in [9.17, 15) is 24.0 Å². The minimum absolute atomic E-state index is 0.0650. The molecule has 2 aliphatic heterocycles. The molecular formula is C30H27N3O8S2. The zero-order chi connectivity index (χ0) is 30.6. The van der Waals surface area contributed by atoms with Crippen LogP contribution < -0.4 is 11.1 Å². The summed E-state index contributed by atoms with van der Waals surface area (Å²) < 4.78 is 16.5. The van der Waals surface area contributed by atoms with Gasteiger partial charge in [-0.3, -0.25) is 19.3 Å². The number of hydrogen-bond donors (Lipinski definition) is 2. The van der Waals surface area contributed by atoms with Gasteiger partial charge in [-0.25, -0.2) is 9.59 Å². The van der Waals surface area contributed by atoms with Crippen molar-refractivity contribution < 1.29 is 38.2 Å². The van der Waals surface area contributed by atoms with Crippen LogP contribution in [0.4, 0.5) is 4.79 Å². The van der Waals surface area contributed by atoms with Crippen LogP contribution in [0.15, 0.2) is 89.4 Å². The number of hydrogen-bond acceptors (Lipinski definition) is 10. The molecule has 43 heavy (non-hydrogen) atoms. The molecule has 5 rings (SSSR count). The Hall–Kier alpha value is -4.62. The van der Waals surface area contributed by atoms with Gasteiger partial charge < -0.3 is 25.3 Å². The van der Waals surface area contributed by atoms with Crippen molar-refractivity contribution in [2.75, 3.05) is 12.4 Å². The van der Waals surface area contributed by atoms with Gasteiger partial charge in [-0.1, -0.05) is 66.7 Å². The van der Waals surface area contributed by atoms with Crippen LogP contribution in [0, 0.1) is 0 Å². The van der Waals surface area contributed by atoms with Gasteiger partial charge in [-0.05, 0) is 22.6 Å².